The summed E-state index contributed by atoms with van der Waals surface area (Å²) in [4.78, 5) is 8.77. The van der Waals surface area contributed by atoms with E-state index in [1.807, 2.05) is 35.0 Å². The fourth-order valence-electron chi connectivity index (χ4n) is 4.27. The van der Waals surface area contributed by atoms with Gasteiger partial charge in [0.25, 0.3) is 0 Å². The third-order valence-corrected chi connectivity index (χ3v) is 6.05. The van der Waals surface area contributed by atoms with Crippen LogP contribution in [0.1, 0.15) is 37.7 Å². The van der Waals surface area contributed by atoms with Crippen molar-refractivity contribution in [1.82, 2.24) is 14.5 Å². The number of aliphatic hydroxyl groups is 1. The van der Waals surface area contributed by atoms with E-state index < -0.39 is 12.0 Å². The first-order valence-corrected chi connectivity index (χ1v) is 11.6. The van der Waals surface area contributed by atoms with E-state index >= 15 is 0 Å². The van der Waals surface area contributed by atoms with Crippen molar-refractivity contribution in [3.8, 4) is 23.4 Å². The quantitative estimate of drug-likeness (QED) is 0.337. The van der Waals surface area contributed by atoms with E-state index in [0.717, 1.165) is 35.7 Å². The van der Waals surface area contributed by atoms with Gasteiger partial charge in [0, 0.05) is 29.0 Å². The smallest absolute Gasteiger partial charge is 0.406 e. The first kappa shape index (κ1) is 23.7. The van der Waals surface area contributed by atoms with Crippen LogP contribution in [-0.4, -0.2) is 31.6 Å². The summed E-state index contributed by atoms with van der Waals surface area (Å²) in [5.74, 6) is 6.80. The molecule has 4 aromatic rings. The SMILES string of the molecule is OC1(C#Cc2ccc3ccn(-c4ccnc(Nc5ccc(OC(F)(F)F)cc5)n4)c3c2)CCCCC1. The van der Waals surface area contributed by atoms with Gasteiger partial charge < -0.3 is 19.7 Å². The van der Waals surface area contributed by atoms with Crippen LogP contribution >= 0.6 is 0 Å². The molecule has 6 nitrogen and oxygen atoms in total. The second kappa shape index (κ2) is 9.55. The van der Waals surface area contributed by atoms with E-state index in [4.69, 9.17) is 0 Å². The Bertz CT molecular complexity index is 1430. The van der Waals surface area contributed by atoms with Gasteiger partial charge in [-0.15, -0.1) is 13.2 Å². The van der Waals surface area contributed by atoms with Crippen LogP contribution in [0.3, 0.4) is 0 Å². The van der Waals surface area contributed by atoms with Crippen LogP contribution in [0.4, 0.5) is 24.8 Å². The van der Waals surface area contributed by atoms with Crippen molar-refractivity contribution < 1.29 is 23.0 Å². The molecule has 1 saturated carbocycles. The van der Waals surface area contributed by atoms with Gasteiger partial charge in [-0.3, -0.25) is 0 Å². The summed E-state index contributed by atoms with van der Waals surface area (Å²) in [7, 11) is 0. The Labute approximate surface area is 205 Å². The van der Waals surface area contributed by atoms with Crippen LogP contribution in [0.2, 0.25) is 0 Å². The Morgan fingerprint density at radius 2 is 1.78 bits per heavy atom. The van der Waals surface area contributed by atoms with Gasteiger partial charge in [0.15, 0.2) is 0 Å². The second-order valence-electron chi connectivity index (χ2n) is 8.74. The zero-order valence-electron chi connectivity index (χ0n) is 19.2. The van der Waals surface area contributed by atoms with Crippen molar-refractivity contribution in [2.24, 2.45) is 0 Å². The number of hydrogen-bond acceptors (Lipinski definition) is 5. The van der Waals surface area contributed by atoms with Gasteiger partial charge in [-0.2, -0.15) is 4.98 Å². The average Bonchev–Trinajstić information content (AvgIpc) is 3.27. The number of hydrogen-bond donors (Lipinski definition) is 2. The molecule has 0 spiro atoms. The van der Waals surface area contributed by atoms with Crippen molar-refractivity contribution in [3.63, 3.8) is 0 Å². The maximum atomic E-state index is 12.4. The summed E-state index contributed by atoms with van der Waals surface area (Å²) in [6, 6.07) is 14.9. The number of halogens is 3. The number of nitrogens with zero attached hydrogens (tertiary/aromatic N) is 3. The Morgan fingerprint density at radius 1 is 1.00 bits per heavy atom. The maximum Gasteiger partial charge on any atom is 0.573 e. The van der Waals surface area contributed by atoms with E-state index in [9.17, 15) is 18.3 Å². The molecule has 1 fully saturated rings. The lowest BCUT2D eigenvalue weighted by Gasteiger charge is -2.26. The lowest BCUT2D eigenvalue weighted by Crippen LogP contribution is -2.29. The Morgan fingerprint density at radius 3 is 2.53 bits per heavy atom. The summed E-state index contributed by atoms with van der Waals surface area (Å²) in [5, 5.41) is 14.7. The van der Waals surface area contributed by atoms with E-state index in [1.165, 1.54) is 24.3 Å². The molecule has 5 rings (SSSR count). The number of nitrogens with one attached hydrogen (secondary N) is 1. The monoisotopic (exact) mass is 492 g/mol. The van der Waals surface area contributed by atoms with Gasteiger partial charge in [0.1, 0.15) is 17.2 Å². The van der Waals surface area contributed by atoms with Crippen molar-refractivity contribution >= 4 is 22.5 Å². The highest BCUT2D eigenvalue weighted by Gasteiger charge is 2.31. The highest BCUT2D eigenvalue weighted by atomic mass is 19.4. The molecule has 0 saturated heterocycles. The molecule has 0 bridgehead atoms. The molecule has 36 heavy (non-hydrogen) atoms. The molecule has 2 aromatic heterocycles. The zero-order chi connectivity index (χ0) is 25.2. The van der Waals surface area contributed by atoms with Gasteiger partial charge in [0.2, 0.25) is 5.95 Å². The van der Waals surface area contributed by atoms with Crippen LogP contribution in [0.5, 0.6) is 5.75 Å². The molecule has 0 radical (unpaired) electrons. The molecule has 1 aliphatic rings. The number of fused-ring (bicyclic) bond motifs is 1. The minimum atomic E-state index is -4.74. The number of anilines is 2. The highest BCUT2D eigenvalue weighted by Crippen LogP contribution is 2.28. The molecular formula is C27H23F3N4O2. The minimum absolute atomic E-state index is 0.286. The summed E-state index contributed by atoms with van der Waals surface area (Å²) in [6.07, 6.45) is 3.27. The molecular weight excluding hydrogens is 469 g/mol. The molecule has 2 N–H and O–H groups in total. The first-order chi connectivity index (χ1) is 17.3. The standard InChI is InChI=1S/C27H23F3N4O2/c28-27(29,30)36-22-8-6-21(7-9-22)32-25-31-16-11-24(33-25)34-17-12-20-5-4-19(18-23(20)34)10-15-26(35)13-2-1-3-14-26/h4-9,11-12,16-18,35H,1-3,13-14H2,(H,31,32,33). The largest absolute Gasteiger partial charge is 0.573 e. The predicted molar refractivity (Wildman–Crippen MR) is 130 cm³/mol. The van der Waals surface area contributed by atoms with Crippen LogP contribution in [0.25, 0.3) is 16.7 Å². The summed E-state index contributed by atoms with van der Waals surface area (Å²) >= 11 is 0. The van der Waals surface area contributed by atoms with Gasteiger partial charge >= 0.3 is 6.36 Å². The zero-order valence-corrected chi connectivity index (χ0v) is 19.2. The third-order valence-electron chi connectivity index (χ3n) is 6.05. The van der Waals surface area contributed by atoms with Crippen molar-refractivity contribution in [1.29, 1.82) is 0 Å². The normalized spacial score (nSPS) is 15.2. The van der Waals surface area contributed by atoms with E-state index in [2.05, 4.69) is 31.9 Å². The van der Waals surface area contributed by atoms with Crippen molar-refractivity contribution in [3.05, 3.63) is 72.6 Å². The number of aromatic nitrogens is 3. The molecule has 0 unspecified atom stereocenters. The molecule has 0 aliphatic heterocycles. The van der Waals surface area contributed by atoms with Crippen LogP contribution in [-0.2, 0) is 0 Å². The summed E-state index contributed by atoms with van der Waals surface area (Å²) in [6.45, 7) is 0. The molecule has 0 atom stereocenters. The van der Waals surface area contributed by atoms with Crippen molar-refractivity contribution in [2.45, 2.75) is 44.1 Å². The number of alkyl halides is 3. The van der Waals surface area contributed by atoms with Crippen molar-refractivity contribution in [2.75, 3.05) is 5.32 Å². The predicted octanol–water partition coefficient (Wildman–Crippen LogP) is 6.11. The van der Waals surface area contributed by atoms with Crippen LogP contribution in [0, 0.1) is 11.8 Å². The molecule has 2 aromatic carbocycles. The van der Waals surface area contributed by atoms with Gasteiger partial charge in [-0.05, 0) is 74.2 Å². The van der Waals surface area contributed by atoms with E-state index in [-0.39, 0.29) is 11.7 Å². The third kappa shape index (κ3) is 5.61. The maximum absolute atomic E-state index is 12.4. The topological polar surface area (TPSA) is 72.2 Å². The first-order valence-electron chi connectivity index (χ1n) is 11.6. The Balaban J connectivity index is 1.37. The number of ether oxygens (including phenoxy) is 1. The fourth-order valence-corrected chi connectivity index (χ4v) is 4.27. The van der Waals surface area contributed by atoms with E-state index in [0.29, 0.717) is 24.3 Å². The lowest BCUT2D eigenvalue weighted by atomic mass is 9.85. The lowest BCUT2D eigenvalue weighted by molar-refractivity contribution is -0.274. The van der Waals surface area contributed by atoms with Gasteiger partial charge in [0.05, 0.1) is 5.52 Å². The Kier molecular flexibility index (Phi) is 6.29. The highest BCUT2D eigenvalue weighted by molar-refractivity contribution is 5.83. The second-order valence-corrected chi connectivity index (χ2v) is 8.74. The average molecular weight is 493 g/mol. The van der Waals surface area contributed by atoms with Crippen LogP contribution < -0.4 is 10.1 Å². The van der Waals surface area contributed by atoms with Gasteiger partial charge in [-0.25, -0.2) is 4.98 Å². The summed E-state index contributed by atoms with van der Waals surface area (Å²) in [5.41, 5.74) is 1.29. The fraction of sp³-hybridized carbons (Fsp3) is 0.259. The number of benzene rings is 2. The molecule has 184 valence electrons. The molecule has 2 heterocycles. The van der Waals surface area contributed by atoms with E-state index in [1.54, 1.807) is 12.3 Å². The Hall–Kier alpha value is -4.03. The number of rotatable bonds is 4. The minimum Gasteiger partial charge on any atom is -0.406 e. The summed E-state index contributed by atoms with van der Waals surface area (Å²) < 4.78 is 42.9. The van der Waals surface area contributed by atoms with Crippen LogP contribution in [0.15, 0.2) is 67.0 Å². The van der Waals surface area contributed by atoms with Gasteiger partial charge in [-0.1, -0.05) is 24.3 Å². The molecule has 0 amide bonds. The molecule has 1 aliphatic carbocycles. The molecule has 9 heteroatoms.